The van der Waals surface area contributed by atoms with Crippen LogP contribution in [0.25, 0.3) is 11.3 Å². The van der Waals surface area contributed by atoms with Crippen LogP contribution < -0.4 is 4.74 Å². The first-order chi connectivity index (χ1) is 17.4. The van der Waals surface area contributed by atoms with Crippen molar-refractivity contribution in [1.29, 1.82) is 0 Å². The van der Waals surface area contributed by atoms with Gasteiger partial charge in [0.1, 0.15) is 29.5 Å². The van der Waals surface area contributed by atoms with Crippen molar-refractivity contribution in [3.8, 4) is 17.1 Å². The zero-order valence-electron chi connectivity index (χ0n) is 20.5. The Hall–Kier alpha value is -3.88. The number of aromatic nitrogens is 4. The van der Waals surface area contributed by atoms with Gasteiger partial charge in [-0.05, 0) is 56.9 Å². The monoisotopic (exact) mass is 490 g/mol. The van der Waals surface area contributed by atoms with Crippen LogP contribution in [0.15, 0.2) is 51.5 Å². The van der Waals surface area contributed by atoms with Crippen LogP contribution in [-0.4, -0.2) is 31.2 Å². The van der Waals surface area contributed by atoms with E-state index in [1.54, 1.807) is 4.68 Å². The SMILES string of the molecule is Cc1cc(COc2cc(-c3ccc(C4CCC(CC(=O)O)CC4)cc3)nn2Cc2cc(C)on2)no1. The standard InChI is InChI=1S/C27H30N4O5/c1-17-11-23(29-35-17)15-31-26(34-16-24-12-18(2)36-30-24)14-25(28-31)22-9-7-21(8-10-22)20-5-3-19(4-6-20)13-27(32)33/h7-12,14,19-20H,3-6,13,15-16H2,1-2H3,(H,32,33). The summed E-state index contributed by atoms with van der Waals surface area (Å²) in [7, 11) is 0. The topological polar surface area (TPSA) is 116 Å². The Bertz CT molecular complexity index is 1310. The third-order valence-electron chi connectivity index (χ3n) is 6.76. The van der Waals surface area contributed by atoms with E-state index in [0.29, 0.717) is 30.0 Å². The first-order valence-electron chi connectivity index (χ1n) is 12.3. The fraction of sp³-hybridized carbons (Fsp3) is 0.407. The molecule has 0 saturated heterocycles. The number of hydrogen-bond acceptors (Lipinski definition) is 7. The second kappa shape index (κ2) is 10.4. The minimum atomic E-state index is -0.694. The number of benzene rings is 1. The first-order valence-corrected chi connectivity index (χ1v) is 12.3. The molecule has 0 amide bonds. The lowest BCUT2D eigenvalue weighted by atomic mass is 9.77. The molecule has 9 heteroatoms. The van der Waals surface area contributed by atoms with E-state index in [4.69, 9.17) is 24.0 Å². The fourth-order valence-corrected chi connectivity index (χ4v) is 4.92. The Balaban J connectivity index is 1.31. The fourth-order valence-electron chi connectivity index (χ4n) is 4.92. The molecule has 9 nitrogen and oxygen atoms in total. The Morgan fingerprint density at radius 3 is 2.28 bits per heavy atom. The molecule has 0 radical (unpaired) electrons. The van der Waals surface area contributed by atoms with E-state index in [1.807, 2.05) is 32.0 Å². The Morgan fingerprint density at radius 2 is 1.67 bits per heavy atom. The van der Waals surface area contributed by atoms with Crippen LogP contribution in [0.5, 0.6) is 5.88 Å². The maximum atomic E-state index is 11.0. The number of carbonyl (C=O) groups is 1. The molecule has 0 unspecified atom stereocenters. The number of aliphatic carboxylic acids is 1. The van der Waals surface area contributed by atoms with Gasteiger partial charge in [-0.2, -0.15) is 5.10 Å². The molecule has 0 atom stereocenters. The molecule has 1 fully saturated rings. The third-order valence-corrected chi connectivity index (χ3v) is 6.76. The van der Waals surface area contributed by atoms with Crippen LogP contribution in [0, 0.1) is 19.8 Å². The molecule has 0 spiro atoms. The largest absolute Gasteiger partial charge is 0.481 e. The average molecular weight is 491 g/mol. The molecule has 4 aromatic rings. The Kier molecular flexibility index (Phi) is 6.88. The van der Waals surface area contributed by atoms with Gasteiger partial charge in [-0.1, -0.05) is 34.6 Å². The summed E-state index contributed by atoms with van der Waals surface area (Å²) in [5, 5.41) is 21.9. The van der Waals surface area contributed by atoms with E-state index in [2.05, 4.69) is 34.6 Å². The maximum absolute atomic E-state index is 11.0. The smallest absolute Gasteiger partial charge is 0.303 e. The Morgan fingerprint density at radius 1 is 1.00 bits per heavy atom. The summed E-state index contributed by atoms with van der Waals surface area (Å²) >= 11 is 0. The molecule has 0 bridgehead atoms. The number of hydrogen-bond donors (Lipinski definition) is 1. The second-order valence-corrected chi connectivity index (χ2v) is 9.61. The highest BCUT2D eigenvalue weighted by molar-refractivity contribution is 5.67. The zero-order valence-corrected chi connectivity index (χ0v) is 20.5. The molecular formula is C27H30N4O5. The zero-order chi connectivity index (χ0) is 25.1. The van der Waals surface area contributed by atoms with Gasteiger partial charge in [0, 0.05) is 30.2 Å². The van der Waals surface area contributed by atoms with E-state index in [9.17, 15) is 4.79 Å². The molecule has 1 aliphatic carbocycles. The minimum absolute atomic E-state index is 0.268. The summed E-state index contributed by atoms with van der Waals surface area (Å²) < 4.78 is 18.2. The van der Waals surface area contributed by atoms with Crippen molar-refractivity contribution in [2.45, 2.75) is 65.0 Å². The molecular weight excluding hydrogens is 460 g/mol. The highest BCUT2D eigenvalue weighted by Gasteiger charge is 2.24. The summed E-state index contributed by atoms with van der Waals surface area (Å²) in [6.07, 6.45) is 4.28. The van der Waals surface area contributed by atoms with Crippen LogP contribution >= 0.6 is 0 Å². The third kappa shape index (κ3) is 5.67. The summed E-state index contributed by atoms with van der Waals surface area (Å²) in [5.41, 5.74) is 4.57. The van der Waals surface area contributed by atoms with E-state index in [0.717, 1.165) is 54.2 Å². The number of rotatable bonds is 9. The average Bonchev–Trinajstić information content (AvgIpc) is 3.58. The first kappa shape index (κ1) is 23.8. The van der Waals surface area contributed by atoms with Crippen molar-refractivity contribution < 1.29 is 23.7 Å². The van der Waals surface area contributed by atoms with Gasteiger partial charge in [0.05, 0.1) is 12.2 Å². The number of carboxylic acid groups (broad SMARTS) is 1. The normalized spacial score (nSPS) is 17.8. The van der Waals surface area contributed by atoms with Crippen LogP contribution in [0.1, 0.15) is 66.5 Å². The lowest BCUT2D eigenvalue weighted by Crippen LogP contribution is -2.16. The second-order valence-electron chi connectivity index (χ2n) is 9.61. The summed E-state index contributed by atoms with van der Waals surface area (Å²) in [6, 6.07) is 14.2. The van der Waals surface area contributed by atoms with Gasteiger partial charge >= 0.3 is 5.97 Å². The molecule has 1 saturated carbocycles. The molecule has 1 aromatic carbocycles. The highest BCUT2D eigenvalue weighted by Crippen LogP contribution is 2.37. The van der Waals surface area contributed by atoms with Gasteiger partial charge in [-0.15, -0.1) is 0 Å². The van der Waals surface area contributed by atoms with Gasteiger partial charge in [-0.3, -0.25) is 4.79 Å². The molecule has 1 aliphatic rings. The van der Waals surface area contributed by atoms with Gasteiger partial charge in [0.25, 0.3) is 0 Å². The Labute approximate surface area is 209 Å². The van der Waals surface area contributed by atoms with E-state index in [1.165, 1.54) is 5.56 Å². The van der Waals surface area contributed by atoms with E-state index < -0.39 is 5.97 Å². The van der Waals surface area contributed by atoms with Crippen molar-refractivity contribution >= 4 is 5.97 Å². The predicted octanol–water partition coefficient (Wildman–Crippen LogP) is 5.52. The van der Waals surface area contributed by atoms with Crippen molar-refractivity contribution in [1.82, 2.24) is 20.1 Å². The van der Waals surface area contributed by atoms with Crippen LogP contribution in [-0.2, 0) is 17.9 Å². The van der Waals surface area contributed by atoms with Crippen molar-refractivity contribution in [3.05, 3.63) is 70.9 Å². The summed E-state index contributed by atoms with van der Waals surface area (Å²) in [4.78, 5) is 11.0. The maximum Gasteiger partial charge on any atom is 0.303 e. The molecule has 3 heterocycles. The highest BCUT2D eigenvalue weighted by atomic mass is 16.5. The van der Waals surface area contributed by atoms with Crippen LogP contribution in [0.4, 0.5) is 0 Å². The molecule has 0 aliphatic heterocycles. The number of ether oxygens (including phenoxy) is 1. The van der Waals surface area contributed by atoms with Crippen molar-refractivity contribution in [3.63, 3.8) is 0 Å². The molecule has 5 rings (SSSR count). The molecule has 36 heavy (non-hydrogen) atoms. The summed E-state index contributed by atoms with van der Waals surface area (Å²) in [5.74, 6) is 2.16. The van der Waals surface area contributed by atoms with Crippen molar-refractivity contribution in [2.75, 3.05) is 0 Å². The lowest BCUT2D eigenvalue weighted by Gasteiger charge is -2.28. The minimum Gasteiger partial charge on any atom is -0.481 e. The van der Waals surface area contributed by atoms with E-state index in [-0.39, 0.29) is 13.0 Å². The lowest BCUT2D eigenvalue weighted by molar-refractivity contribution is -0.138. The van der Waals surface area contributed by atoms with Gasteiger partial charge < -0.3 is 18.9 Å². The number of aryl methyl sites for hydroxylation is 2. The van der Waals surface area contributed by atoms with E-state index >= 15 is 0 Å². The van der Waals surface area contributed by atoms with Gasteiger partial charge in [0.2, 0.25) is 5.88 Å². The van der Waals surface area contributed by atoms with Crippen LogP contribution in [0.3, 0.4) is 0 Å². The van der Waals surface area contributed by atoms with Gasteiger partial charge in [0.15, 0.2) is 0 Å². The quantitative estimate of drug-likeness (QED) is 0.326. The molecule has 3 aromatic heterocycles. The van der Waals surface area contributed by atoms with Gasteiger partial charge in [-0.25, -0.2) is 4.68 Å². The summed E-state index contributed by atoms with van der Waals surface area (Å²) in [6.45, 7) is 4.39. The van der Waals surface area contributed by atoms with Crippen LogP contribution in [0.2, 0.25) is 0 Å². The molecule has 1 N–H and O–H groups in total. The van der Waals surface area contributed by atoms with Crippen molar-refractivity contribution in [2.24, 2.45) is 5.92 Å². The predicted molar refractivity (Wildman–Crippen MR) is 131 cm³/mol. The molecule has 188 valence electrons. The number of carboxylic acids is 1. The number of nitrogens with zero attached hydrogens (tertiary/aromatic N) is 4.